The second kappa shape index (κ2) is 4.45. The fourth-order valence-corrected chi connectivity index (χ4v) is 3.30. The maximum atomic E-state index is 11.2. The molecule has 0 amide bonds. The number of aromatic nitrogens is 2. The van der Waals surface area contributed by atoms with Gasteiger partial charge in [-0.1, -0.05) is 0 Å². The lowest BCUT2D eigenvalue weighted by Gasteiger charge is -2.18. The molecular weight excluding hydrogens is 262 g/mol. The van der Waals surface area contributed by atoms with E-state index in [-0.39, 0.29) is 0 Å². The second-order valence-corrected chi connectivity index (χ2v) is 6.06. The number of nitrogens with zero attached hydrogens (tertiary/aromatic N) is 3. The largest absolute Gasteiger partial charge is 0.477 e. The van der Waals surface area contributed by atoms with Gasteiger partial charge in [0.05, 0.1) is 5.39 Å². The van der Waals surface area contributed by atoms with Crippen molar-refractivity contribution in [1.29, 1.82) is 0 Å². The highest BCUT2D eigenvalue weighted by Crippen LogP contribution is 2.36. The highest BCUT2D eigenvalue weighted by atomic mass is 32.1. The van der Waals surface area contributed by atoms with Gasteiger partial charge >= 0.3 is 5.97 Å². The van der Waals surface area contributed by atoms with Gasteiger partial charge in [-0.2, -0.15) is 0 Å². The number of carboxylic acids is 1. The molecule has 1 aliphatic carbocycles. The van der Waals surface area contributed by atoms with Crippen molar-refractivity contribution in [3.63, 3.8) is 0 Å². The van der Waals surface area contributed by atoms with E-state index in [4.69, 9.17) is 0 Å². The van der Waals surface area contributed by atoms with Gasteiger partial charge < -0.3 is 10.0 Å². The molecule has 0 atom stereocenters. The van der Waals surface area contributed by atoms with Crippen molar-refractivity contribution < 1.29 is 9.90 Å². The molecule has 6 heteroatoms. The lowest BCUT2D eigenvalue weighted by atomic mass is 10.2. The van der Waals surface area contributed by atoms with Crippen LogP contribution in [-0.2, 0) is 0 Å². The highest BCUT2D eigenvalue weighted by Gasteiger charge is 2.25. The monoisotopic (exact) mass is 277 g/mol. The van der Waals surface area contributed by atoms with E-state index in [1.54, 1.807) is 0 Å². The summed E-state index contributed by atoms with van der Waals surface area (Å²) in [7, 11) is 2.01. The third kappa shape index (κ3) is 2.16. The van der Waals surface area contributed by atoms with Crippen LogP contribution in [0.15, 0.2) is 6.33 Å². The molecule has 0 unspecified atom stereocenters. The third-order valence-electron chi connectivity index (χ3n) is 3.49. The Morgan fingerprint density at radius 2 is 2.26 bits per heavy atom. The van der Waals surface area contributed by atoms with Gasteiger partial charge in [-0.3, -0.25) is 0 Å². The van der Waals surface area contributed by atoms with E-state index in [9.17, 15) is 9.90 Å². The fourth-order valence-electron chi connectivity index (χ4n) is 2.32. The summed E-state index contributed by atoms with van der Waals surface area (Å²) in [4.78, 5) is 23.0. The normalized spacial score (nSPS) is 14.8. The predicted octanol–water partition coefficient (Wildman–Crippen LogP) is 2.54. The van der Waals surface area contributed by atoms with Crippen LogP contribution in [0.25, 0.3) is 10.2 Å². The summed E-state index contributed by atoms with van der Waals surface area (Å²) in [6.45, 7) is 2.81. The molecule has 0 radical (unpaired) electrons. The zero-order chi connectivity index (χ0) is 13.6. The molecule has 1 N–H and O–H groups in total. The van der Waals surface area contributed by atoms with Gasteiger partial charge in [0, 0.05) is 13.6 Å². The van der Waals surface area contributed by atoms with E-state index in [0.717, 1.165) is 34.1 Å². The zero-order valence-electron chi connectivity index (χ0n) is 10.9. The summed E-state index contributed by atoms with van der Waals surface area (Å²) < 4.78 is 0. The lowest BCUT2D eigenvalue weighted by Crippen LogP contribution is -2.21. The first-order valence-electron chi connectivity index (χ1n) is 6.26. The molecule has 2 heterocycles. The summed E-state index contributed by atoms with van der Waals surface area (Å²) >= 11 is 1.22. The van der Waals surface area contributed by atoms with E-state index >= 15 is 0 Å². The number of aryl methyl sites for hydroxylation is 1. The van der Waals surface area contributed by atoms with Gasteiger partial charge in [-0.15, -0.1) is 11.3 Å². The van der Waals surface area contributed by atoms with Crippen LogP contribution in [0.2, 0.25) is 0 Å². The average molecular weight is 277 g/mol. The predicted molar refractivity (Wildman–Crippen MR) is 75.1 cm³/mol. The molecule has 2 aromatic rings. The molecule has 3 rings (SSSR count). The van der Waals surface area contributed by atoms with Crippen molar-refractivity contribution in [1.82, 2.24) is 9.97 Å². The quantitative estimate of drug-likeness (QED) is 0.930. The van der Waals surface area contributed by atoms with Crippen LogP contribution < -0.4 is 4.90 Å². The summed E-state index contributed by atoms with van der Waals surface area (Å²) in [6.07, 6.45) is 4.08. The van der Waals surface area contributed by atoms with Crippen LogP contribution in [-0.4, -0.2) is 34.6 Å². The van der Waals surface area contributed by atoms with Gasteiger partial charge in [-0.05, 0) is 31.2 Å². The van der Waals surface area contributed by atoms with Gasteiger partial charge in [0.1, 0.15) is 21.9 Å². The number of carbonyl (C=O) groups is 1. The van der Waals surface area contributed by atoms with Gasteiger partial charge in [-0.25, -0.2) is 14.8 Å². The standard InChI is InChI=1S/C13H15N3O2S/c1-7-9-11(16(2)5-8-3-4-8)14-6-15-12(9)19-10(7)13(17)18/h6,8H,3-5H2,1-2H3,(H,17,18). The second-order valence-electron chi connectivity index (χ2n) is 5.06. The molecule has 0 aliphatic heterocycles. The van der Waals surface area contributed by atoms with Crippen LogP contribution in [0, 0.1) is 12.8 Å². The molecule has 5 nitrogen and oxygen atoms in total. The summed E-state index contributed by atoms with van der Waals surface area (Å²) in [6, 6.07) is 0. The van der Waals surface area contributed by atoms with Gasteiger partial charge in [0.15, 0.2) is 0 Å². The molecule has 0 saturated heterocycles. The molecular formula is C13H15N3O2S. The van der Waals surface area contributed by atoms with E-state index in [1.807, 2.05) is 14.0 Å². The van der Waals surface area contributed by atoms with E-state index in [1.165, 1.54) is 30.5 Å². The van der Waals surface area contributed by atoms with Crippen molar-refractivity contribution in [2.45, 2.75) is 19.8 Å². The van der Waals surface area contributed by atoms with Crippen molar-refractivity contribution in [2.75, 3.05) is 18.5 Å². The van der Waals surface area contributed by atoms with Crippen LogP contribution in [0.3, 0.4) is 0 Å². The molecule has 1 saturated carbocycles. The maximum Gasteiger partial charge on any atom is 0.346 e. The van der Waals surface area contributed by atoms with E-state index in [0.29, 0.717) is 4.88 Å². The Bertz CT molecular complexity index is 649. The molecule has 19 heavy (non-hydrogen) atoms. The Morgan fingerprint density at radius 1 is 1.53 bits per heavy atom. The Kier molecular flexibility index (Phi) is 2.89. The smallest absolute Gasteiger partial charge is 0.346 e. The molecule has 2 aromatic heterocycles. The zero-order valence-corrected chi connectivity index (χ0v) is 11.7. The van der Waals surface area contributed by atoms with Crippen molar-refractivity contribution in [2.24, 2.45) is 5.92 Å². The molecule has 0 bridgehead atoms. The first-order chi connectivity index (χ1) is 9.08. The van der Waals surface area contributed by atoms with Crippen LogP contribution in [0.1, 0.15) is 28.1 Å². The van der Waals surface area contributed by atoms with Crippen LogP contribution in [0.5, 0.6) is 0 Å². The van der Waals surface area contributed by atoms with E-state index in [2.05, 4.69) is 14.9 Å². The van der Waals surface area contributed by atoms with Crippen LogP contribution >= 0.6 is 11.3 Å². The van der Waals surface area contributed by atoms with Crippen molar-refractivity contribution >= 4 is 33.3 Å². The Hall–Kier alpha value is -1.69. The minimum absolute atomic E-state index is 0.358. The van der Waals surface area contributed by atoms with Crippen molar-refractivity contribution in [3.05, 3.63) is 16.8 Å². The molecule has 1 fully saturated rings. The lowest BCUT2D eigenvalue weighted by molar-refractivity contribution is 0.0701. The Morgan fingerprint density at radius 3 is 2.89 bits per heavy atom. The Labute approximate surface area is 114 Å². The molecule has 0 aromatic carbocycles. The SMILES string of the molecule is Cc1c(C(=O)O)sc2ncnc(N(C)CC3CC3)c12. The molecule has 1 aliphatic rings. The fraction of sp³-hybridized carbons (Fsp3) is 0.462. The maximum absolute atomic E-state index is 11.2. The topological polar surface area (TPSA) is 66.3 Å². The first-order valence-corrected chi connectivity index (χ1v) is 7.08. The number of hydrogen-bond donors (Lipinski definition) is 1. The van der Waals surface area contributed by atoms with Crippen molar-refractivity contribution in [3.8, 4) is 0 Å². The van der Waals surface area contributed by atoms with E-state index < -0.39 is 5.97 Å². The average Bonchev–Trinajstić information content (AvgIpc) is 3.11. The third-order valence-corrected chi connectivity index (χ3v) is 4.68. The number of carboxylic acid groups (broad SMARTS) is 1. The highest BCUT2D eigenvalue weighted by molar-refractivity contribution is 7.20. The van der Waals surface area contributed by atoms with Crippen LogP contribution in [0.4, 0.5) is 5.82 Å². The Balaban J connectivity index is 2.10. The summed E-state index contributed by atoms with van der Waals surface area (Å²) in [5, 5.41) is 10.1. The molecule has 100 valence electrons. The number of fused-ring (bicyclic) bond motifs is 1. The minimum Gasteiger partial charge on any atom is -0.477 e. The number of aromatic carboxylic acids is 1. The van der Waals surface area contributed by atoms with Gasteiger partial charge in [0.2, 0.25) is 0 Å². The molecule has 0 spiro atoms. The summed E-state index contributed by atoms with van der Waals surface area (Å²) in [5.41, 5.74) is 0.769. The van der Waals surface area contributed by atoms with Gasteiger partial charge in [0.25, 0.3) is 0 Å². The number of thiophene rings is 1. The number of anilines is 1. The number of hydrogen-bond acceptors (Lipinski definition) is 5. The first kappa shape index (κ1) is 12.3. The minimum atomic E-state index is -0.892. The summed E-state index contributed by atoms with van der Waals surface area (Å²) in [5.74, 6) is 0.711. The number of rotatable bonds is 4.